The normalized spacial score (nSPS) is 10.1. The van der Waals surface area contributed by atoms with Crippen LogP contribution in [0.1, 0.15) is 10.4 Å². The number of nitrogens with one attached hydrogen (secondary N) is 1. The van der Waals surface area contributed by atoms with Crippen LogP contribution >= 0.6 is 11.6 Å². The van der Waals surface area contributed by atoms with Gasteiger partial charge in [-0.2, -0.15) is 0 Å². The Morgan fingerprint density at radius 2 is 2.00 bits per heavy atom. The molecule has 2 N–H and O–H groups in total. The van der Waals surface area contributed by atoms with Gasteiger partial charge in [-0.1, -0.05) is 23.7 Å². The fourth-order valence-corrected chi connectivity index (χ4v) is 1.99. The van der Waals surface area contributed by atoms with Crippen molar-refractivity contribution in [3.8, 4) is 16.9 Å². The highest BCUT2D eigenvalue weighted by Gasteiger charge is 2.08. The lowest BCUT2D eigenvalue weighted by Crippen LogP contribution is -2.17. The van der Waals surface area contributed by atoms with E-state index in [1.54, 1.807) is 37.4 Å². The van der Waals surface area contributed by atoms with E-state index in [0.29, 0.717) is 10.6 Å². The molecule has 0 aliphatic rings. The minimum absolute atomic E-state index is 0.117. The number of carbonyl (C=O) groups excluding carboxylic acids is 1. The van der Waals surface area contributed by atoms with E-state index in [1.807, 2.05) is 6.07 Å². The summed E-state index contributed by atoms with van der Waals surface area (Å²) in [5.41, 5.74) is 2.18. The largest absolute Gasteiger partial charge is 0.508 e. The maximum absolute atomic E-state index is 11.6. The maximum atomic E-state index is 11.6. The summed E-state index contributed by atoms with van der Waals surface area (Å²) in [6, 6.07) is 11.9. The topological polar surface area (TPSA) is 49.3 Å². The first-order chi connectivity index (χ1) is 8.61. The molecule has 18 heavy (non-hydrogen) atoms. The molecule has 2 aromatic carbocycles. The smallest absolute Gasteiger partial charge is 0.251 e. The Morgan fingerprint density at radius 3 is 2.67 bits per heavy atom. The van der Waals surface area contributed by atoms with Gasteiger partial charge in [-0.3, -0.25) is 4.79 Å². The highest BCUT2D eigenvalue weighted by molar-refractivity contribution is 6.33. The number of rotatable bonds is 2. The molecular weight excluding hydrogens is 250 g/mol. The van der Waals surface area contributed by atoms with Gasteiger partial charge in [0.05, 0.1) is 5.02 Å². The first-order valence-corrected chi connectivity index (χ1v) is 5.80. The zero-order chi connectivity index (χ0) is 13.1. The van der Waals surface area contributed by atoms with Crippen molar-refractivity contribution in [1.29, 1.82) is 0 Å². The van der Waals surface area contributed by atoms with E-state index in [1.165, 1.54) is 6.07 Å². The number of phenolic OH excluding ortho intramolecular Hbond substituents is 1. The maximum Gasteiger partial charge on any atom is 0.251 e. The zero-order valence-corrected chi connectivity index (χ0v) is 10.5. The summed E-state index contributed by atoms with van der Waals surface area (Å²) in [5, 5.41) is 12.3. The zero-order valence-electron chi connectivity index (χ0n) is 9.77. The molecule has 0 saturated carbocycles. The minimum Gasteiger partial charge on any atom is -0.508 e. The quantitative estimate of drug-likeness (QED) is 0.873. The molecule has 1 amide bonds. The van der Waals surface area contributed by atoms with Crippen LogP contribution < -0.4 is 5.32 Å². The molecule has 0 fully saturated rings. The summed E-state index contributed by atoms with van der Waals surface area (Å²) in [6.07, 6.45) is 0. The fraction of sp³-hybridized carbons (Fsp3) is 0.0714. The third-order valence-electron chi connectivity index (χ3n) is 2.62. The number of benzene rings is 2. The summed E-state index contributed by atoms with van der Waals surface area (Å²) in [7, 11) is 1.59. The van der Waals surface area contributed by atoms with E-state index >= 15 is 0 Å². The van der Waals surface area contributed by atoms with Gasteiger partial charge in [-0.05, 0) is 35.9 Å². The Balaban J connectivity index is 2.48. The van der Waals surface area contributed by atoms with Gasteiger partial charge in [0, 0.05) is 18.2 Å². The van der Waals surface area contributed by atoms with Crippen LogP contribution in [0.5, 0.6) is 5.75 Å². The molecule has 0 atom stereocenters. The molecule has 0 spiro atoms. The van der Waals surface area contributed by atoms with E-state index in [2.05, 4.69) is 5.32 Å². The first kappa shape index (κ1) is 12.5. The molecule has 0 heterocycles. The Morgan fingerprint density at radius 1 is 1.22 bits per heavy atom. The standard InChI is InChI=1S/C14H12ClNO2/c1-16-14(18)10-4-2-3-9(7-10)12-6-5-11(17)8-13(12)15/h2-8,17H,1H3,(H,16,18). The molecule has 0 bridgehead atoms. The molecule has 92 valence electrons. The highest BCUT2D eigenvalue weighted by Crippen LogP contribution is 2.31. The van der Waals surface area contributed by atoms with Crippen molar-refractivity contribution >= 4 is 17.5 Å². The molecule has 0 unspecified atom stereocenters. The van der Waals surface area contributed by atoms with E-state index in [-0.39, 0.29) is 11.7 Å². The third-order valence-corrected chi connectivity index (χ3v) is 2.93. The van der Waals surface area contributed by atoms with Crippen molar-refractivity contribution in [2.75, 3.05) is 7.05 Å². The SMILES string of the molecule is CNC(=O)c1cccc(-c2ccc(O)cc2Cl)c1. The predicted molar refractivity (Wildman–Crippen MR) is 71.9 cm³/mol. The van der Waals surface area contributed by atoms with Gasteiger partial charge in [0.15, 0.2) is 0 Å². The van der Waals surface area contributed by atoms with Crippen LogP contribution in [-0.4, -0.2) is 18.1 Å². The van der Waals surface area contributed by atoms with E-state index in [0.717, 1.165) is 11.1 Å². The van der Waals surface area contributed by atoms with Gasteiger partial charge in [0.25, 0.3) is 5.91 Å². The number of hydrogen-bond acceptors (Lipinski definition) is 2. The van der Waals surface area contributed by atoms with Crippen molar-refractivity contribution in [3.05, 3.63) is 53.1 Å². The molecule has 0 saturated heterocycles. The van der Waals surface area contributed by atoms with Crippen molar-refractivity contribution < 1.29 is 9.90 Å². The molecule has 3 nitrogen and oxygen atoms in total. The Hall–Kier alpha value is -2.00. The van der Waals surface area contributed by atoms with Crippen LogP contribution in [0.4, 0.5) is 0 Å². The van der Waals surface area contributed by atoms with Gasteiger partial charge in [0.2, 0.25) is 0 Å². The van der Waals surface area contributed by atoms with Gasteiger partial charge < -0.3 is 10.4 Å². The average Bonchev–Trinajstić information content (AvgIpc) is 2.38. The van der Waals surface area contributed by atoms with Crippen molar-refractivity contribution in [1.82, 2.24) is 5.32 Å². The van der Waals surface area contributed by atoms with Crippen LogP contribution in [0.25, 0.3) is 11.1 Å². The second-order valence-corrected chi connectivity index (χ2v) is 4.23. The second kappa shape index (κ2) is 5.10. The summed E-state index contributed by atoms with van der Waals surface area (Å²) in [4.78, 5) is 11.6. The summed E-state index contributed by atoms with van der Waals surface area (Å²) < 4.78 is 0. The van der Waals surface area contributed by atoms with Crippen LogP contribution in [-0.2, 0) is 0 Å². The molecule has 2 aromatic rings. The Labute approximate surface area is 110 Å². The van der Waals surface area contributed by atoms with Crippen molar-refractivity contribution in [2.24, 2.45) is 0 Å². The molecule has 0 radical (unpaired) electrons. The summed E-state index contributed by atoms with van der Waals surface area (Å²) >= 11 is 6.07. The highest BCUT2D eigenvalue weighted by atomic mass is 35.5. The number of aromatic hydroxyl groups is 1. The van der Waals surface area contributed by atoms with E-state index < -0.39 is 0 Å². The number of hydrogen-bond donors (Lipinski definition) is 2. The number of amides is 1. The summed E-state index contributed by atoms with van der Waals surface area (Å²) in [6.45, 7) is 0. The average molecular weight is 262 g/mol. The third kappa shape index (κ3) is 2.46. The van der Waals surface area contributed by atoms with Crippen molar-refractivity contribution in [3.63, 3.8) is 0 Å². The Bertz CT molecular complexity index is 596. The van der Waals surface area contributed by atoms with Gasteiger partial charge in [0.1, 0.15) is 5.75 Å². The van der Waals surface area contributed by atoms with Crippen LogP contribution in [0.3, 0.4) is 0 Å². The van der Waals surface area contributed by atoms with Gasteiger partial charge in [-0.15, -0.1) is 0 Å². The number of carbonyl (C=O) groups is 1. The second-order valence-electron chi connectivity index (χ2n) is 3.82. The lowest BCUT2D eigenvalue weighted by atomic mass is 10.0. The van der Waals surface area contributed by atoms with Gasteiger partial charge in [-0.25, -0.2) is 0 Å². The molecule has 2 rings (SSSR count). The summed E-state index contributed by atoms with van der Waals surface area (Å²) in [5.74, 6) is -0.0297. The van der Waals surface area contributed by atoms with Crippen LogP contribution in [0, 0.1) is 0 Å². The van der Waals surface area contributed by atoms with Crippen LogP contribution in [0.2, 0.25) is 5.02 Å². The first-order valence-electron chi connectivity index (χ1n) is 5.43. The fourth-order valence-electron chi connectivity index (χ4n) is 1.71. The van der Waals surface area contributed by atoms with Gasteiger partial charge >= 0.3 is 0 Å². The van der Waals surface area contributed by atoms with Crippen LogP contribution in [0.15, 0.2) is 42.5 Å². The molecular formula is C14H12ClNO2. The lowest BCUT2D eigenvalue weighted by molar-refractivity contribution is 0.0963. The number of halogens is 1. The number of phenols is 1. The predicted octanol–water partition coefficient (Wildman–Crippen LogP) is 3.07. The minimum atomic E-state index is -0.147. The Kier molecular flexibility index (Phi) is 3.53. The molecule has 0 aliphatic heterocycles. The molecule has 4 heteroatoms. The monoisotopic (exact) mass is 261 g/mol. The molecule has 0 aromatic heterocycles. The van der Waals surface area contributed by atoms with E-state index in [4.69, 9.17) is 11.6 Å². The molecule has 0 aliphatic carbocycles. The van der Waals surface area contributed by atoms with Crippen molar-refractivity contribution in [2.45, 2.75) is 0 Å². The lowest BCUT2D eigenvalue weighted by Gasteiger charge is -2.07. The van der Waals surface area contributed by atoms with E-state index in [9.17, 15) is 9.90 Å².